The zero-order chi connectivity index (χ0) is 21.8. The van der Waals surface area contributed by atoms with Gasteiger partial charge in [0.15, 0.2) is 0 Å². The Labute approximate surface area is 185 Å². The van der Waals surface area contributed by atoms with Crippen molar-refractivity contribution in [1.29, 1.82) is 0 Å². The first-order chi connectivity index (χ1) is 15.0. The summed E-state index contributed by atoms with van der Waals surface area (Å²) >= 11 is 1.71. The van der Waals surface area contributed by atoms with Gasteiger partial charge < -0.3 is 16.0 Å². The van der Waals surface area contributed by atoms with Crippen molar-refractivity contribution in [2.24, 2.45) is 5.73 Å². The average molecular weight is 432 g/mol. The van der Waals surface area contributed by atoms with Gasteiger partial charge >= 0.3 is 0 Å². The molecule has 3 aromatic heterocycles. The molecule has 1 amide bonds. The third kappa shape index (κ3) is 5.07. The van der Waals surface area contributed by atoms with Gasteiger partial charge in [0.05, 0.1) is 11.3 Å². The van der Waals surface area contributed by atoms with Gasteiger partial charge in [0.25, 0.3) is 5.91 Å². The number of hydrogen-bond acceptors (Lipinski definition) is 6. The maximum absolute atomic E-state index is 11.9. The number of nitrogens with two attached hydrogens (primary N) is 1. The zero-order valence-corrected chi connectivity index (χ0v) is 18.4. The first kappa shape index (κ1) is 21.0. The van der Waals surface area contributed by atoms with Crippen LogP contribution in [0.1, 0.15) is 32.9 Å². The Kier molecular flexibility index (Phi) is 6.25. The molecule has 0 spiro atoms. The van der Waals surface area contributed by atoms with Gasteiger partial charge in [-0.05, 0) is 54.2 Å². The third-order valence-corrected chi connectivity index (χ3v) is 6.01. The SMILES string of the molecule is CN(C)Cc1ccc(Cc2cc(NCc3cccc4ccsc34)c(C(N)=O)cn2)nc1. The second kappa shape index (κ2) is 9.24. The fourth-order valence-corrected chi connectivity index (χ4v) is 4.44. The number of benzene rings is 1. The molecule has 3 N–H and O–H groups in total. The number of carbonyl (C=O) groups is 1. The lowest BCUT2D eigenvalue weighted by Gasteiger charge is -2.13. The Morgan fingerprint density at radius 2 is 1.94 bits per heavy atom. The Balaban J connectivity index is 1.53. The minimum absolute atomic E-state index is 0.386. The number of anilines is 1. The molecule has 0 unspecified atom stereocenters. The summed E-state index contributed by atoms with van der Waals surface area (Å²) in [6.07, 6.45) is 4.02. The van der Waals surface area contributed by atoms with E-state index in [0.29, 0.717) is 24.2 Å². The number of hydrogen-bond donors (Lipinski definition) is 2. The van der Waals surface area contributed by atoms with E-state index in [0.717, 1.165) is 23.5 Å². The van der Waals surface area contributed by atoms with Crippen molar-refractivity contribution in [3.05, 3.63) is 88.3 Å². The van der Waals surface area contributed by atoms with Crippen LogP contribution in [0.3, 0.4) is 0 Å². The number of carbonyl (C=O) groups excluding carboxylic acids is 1. The molecular formula is C24H25N5OS. The van der Waals surface area contributed by atoms with Crippen LogP contribution in [0.2, 0.25) is 0 Å². The molecule has 6 nitrogen and oxygen atoms in total. The predicted octanol–water partition coefficient (Wildman–Crippen LogP) is 4.05. The first-order valence-corrected chi connectivity index (χ1v) is 10.9. The summed E-state index contributed by atoms with van der Waals surface area (Å²) in [5.41, 5.74) is 10.8. The van der Waals surface area contributed by atoms with Crippen molar-refractivity contribution in [3.8, 4) is 0 Å². The maximum Gasteiger partial charge on any atom is 0.252 e. The standard InChI is InChI=1S/C24H25N5OS/c1-29(2)15-16-6-7-19(26-12-16)10-20-11-22(21(14-27-20)24(25)30)28-13-18-5-3-4-17-8-9-31-23(17)18/h3-9,11-12,14H,10,13,15H2,1-2H3,(H2,25,30)(H,27,28). The van der Waals surface area contributed by atoms with Crippen molar-refractivity contribution < 1.29 is 4.79 Å². The minimum Gasteiger partial charge on any atom is -0.380 e. The van der Waals surface area contributed by atoms with Crippen LogP contribution in [0.15, 0.2) is 60.2 Å². The highest BCUT2D eigenvalue weighted by Gasteiger charge is 2.12. The van der Waals surface area contributed by atoms with E-state index in [-0.39, 0.29) is 0 Å². The van der Waals surface area contributed by atoms with Gasteiger partial charge in [0.2, 0.25) is 0 Å². The van der Waals surface area contributed by atoms with E-state index in [1.165, 1.54) is 15.6 Å². The van der Waals surface area contributed by atoms with Crippen LogP contribution in [-0.4, -0.2) is 34.9 Å². The Morgan fingerprint density at radius 3 is 2.68 bits per heavy atom. The quantitative estimate of drug-likeness (QED) is 0.440. The van der Waals surface area contributed by atoms with Crippen LogP contribution < -0.4 is 11.1 Å². The molecule has 0 atom stereocenters. The summed E-state index contributed by atoms with van der Waals surface area (Å²) < 4.78 is 1.24. The van der Waals surface area contributed by atoms with Crippen LogP contribution >= 0.6 is 11.3 Å². The molecular weight excluding hydrogens is 406 g/mol. The number of amides is 1. The van der Waals surface area contributed by atoms with E-state index in [4.69, 9.17) is 5.73 Å². The van der Waals surface area contributed by atoms with E-state index in [1.54, 1.807) is 17.5 Å². The molecule has 3 heterocycles. The number of aromatic nitrogens is 2. The third-order valence-electron chi connectivity index (χ3n) is 5.00. The number of thiophene rings is 1. The lowest BCUT2D eigenvalue weighted by atomic mass is 10.1. The van der Waals surface area contributed by atoms with Gasteiger partial charge in [0, 0.05) is 48.0 Å². The summed E-state index contributed by atoms with van der Waals surface area (Å²) in [7, 11) is 4.07. The molecule has 4 rings (SSSR count). The van der Waals surface area contributed by atoms with Gasteiger partial charge in [-0.2, -0.15) is 0 Å². The van der Waals surface area contributed by atoms with Crippen molar-refractivity contribution in [2.75, 3.05) is 19.4 Å². The van der Waals surface area contributed by atoms with E-state index in [2.05, 4.69) is 49.8 Å². The molecule has 0 aliphatic heterocycles. The maximum atomic E-state index is 11.9. The summed E-state index contributed by atoms with van der Waals surface area (Å²) in [6.45, 7) is 1.45. The molecule has 4 aromatic rings. The highest BCUT2D eigenvalue weighted by atomic mass is 32.1. The molecule has 0 bridgehead atoms. The van der Waals surface area contributed by atoms with Crippen LogP contribution in [0.4, 0.5) is 5.69 Å². The summed E-state index contributed by atoms with van der Waals surface area (Å²) in [5.74, 6) is -0.498. The normalized spacial score (nSPS) is 11.2. The molecule has 31 heavy (non-hydrogen) atoms. The fraction of sp³-hybridized carbons (Fsp3) is 0.208. The van der Waals surface area contributed by atoms with E-state index < -0.39 is 5.91 Å². The number of pyridine rings is 2. The summed E-state index contributed by atoms with van der Waals surface area (Å²) in [5, 5.41) is 6.70. The van der Waals surface area contributed by atoms with Gasteiger partial charge in [-0.3, -0.25) is 14.8 Å². The number of fused-ring (bicyclic) bond motifs is 1. The lowest BCUT2D eigenvalue weighted by Crippen LogP contribution is -2.15. The summed E-state index contributed by atoms with van der Waals surface area (Å²) in [4.78, 5) is 23.0. The van der Waals surface area contributed by atoms with Crippen LogP contribution in [0, 0.1) is 0 Å². The number of nitrogens with zero attached hydrogens (tertiary/aromatic N) is 3. The topological polar surface area (TPSA) is 84.1 Å². The molecule has 0 saturated carbocycles. The average Bonchev–Trinajstić information content (AvgIpc) is 3.23. The monoisotopic (exact) mass is 431 g/mol. The van der Waals surface area contributed by atoms with Gasteiger partial charge in [0.1, 0.15) is 0 Å². The number of primary amides is 1. The van der Waals surface area contributed by atoms with Gasteiger partial charge in [-0.1, -0.05) is 24.3 Å². The van der Waals surface area contributed by atoms with Crippen LogP contribution in [0.25, 0.3) is 10.1 Å². The molecule has 0 radical (unpaired) electrons. The zero-order valence-electron chi connectivity index (χ0n) is 17.6. The molecule has 0 aliphatic carbocycles. The van der Waals surface area contributed by atoms with E-state index in [9.17, 15) is 4.79 Å². The largest absolute Gasteiger partial charge is 0.380 e. The molecule has 1 aromatic carbocycles. The number of rotatable bonds is 8. The van der Waals surface area contributed by atoms with E-state index in [1.807, 2.05) is 38.5 Å². The number of nitrogens with one attached hydrogen (secondary N) is 1. The highest BCUT2D eigenvalue weighted by Crippen LogP contribution is 2.26. The Bertz CT molecular complexity index is 1200. The second-order valence-electron chi connectivity index (χ2n) is 7.77. The lowest BCUT2D eigenvalue weighted by molar-refractivity contribution is 0.100. The van der Waals surface area contributed by atoms with Gasteiger partial charge in [-0.15, -0.1) is 11.3 Å². The van der Waals surface area contributed by atoms with Gasteiger partial charge in [-0.25, -0.2) is 0 Å². The van der Waals surface area contributed by atoms with Crippen molar-refractivity contribution in [1.82, 2.24) is 14.9 Å². The molecule has 0 saturated heterocycles. The minimum atomic E-state index is -0.498. The van der Waals surface area contributed by atoms with Crippen molar-refractivity contribution >= 4 is 33.0 Å². The highest BCUT2D eigenvalue weighted by molar-refractivity contribution is 7.17. The Hall–Kier alpha value is -3.29. The van der Waals surface area contributed by atoms with Crippen LogP contribution in [0.5, 0.6) is 0 Å². The second-order valence-corrected chi connectivity index (χ2v) is 8.68. The molecule has 0 fully saturated rings. The molecule has 7 heteroatoms. The predicted molar refractivity (Wildman–Crippen MR) is 126 cm³/mol. The van der Waals surface area contributed by atoms with Crippen molar-refractivity contribution in [2.45, 2.75) is 19.5 Å². The smallest absolute Gasteiger partial charge is 0.252 e. The fourth-order valence-electron chi connectivity index (χ4n) is 3.53. The van der Waals surface area contributed by atoms with Crippen LogP contribution in [-0.2, 0) is 19.5 Å². The van der Waals surface area contributed by atoms with Crippen molar-refractivity contribution in [3.63, 3.8) is 0 Å². The molecule has 0 aliphatic rings. The summed E-state index contributed by atoms with van der Waals surface area (Å²) in [6, 6.07) is 14.4. The first-order valence-electron chi connectivity index (χ1n) is 10.1. The van der Waals surface area contributed by atoms with E-state index >= 15 is 0 Å². The Morgan fingerprint density at radius 1 is 1.10 bits per heavy atom. The molecule has 158 valence electrons.